The topological polar surface area (TPSA) is 21.3 Å². The Balaban J connectivity index is 1.83. The minimum Gasteiger partial charge on any atom is -0.380 e. The molecule has 0 aliphatic heterocycles. The van der Waals surface area contributed by atoms with Crippen molar-refractivity contribution in [3.05, 3.63) is 0 Å². The average molecular weight is 241 g/mol. The Morgan fingerprint density at radius 2 is 2.06 bits per heavy atom. The van der Waals surface area contributed by atoms with Gasteiger partial charge >= 0.3 is 0 Å². The van der Waals surface area contributed by atoms with E-state index in [-0.39, 0.29) is 0 Å². The van der Waals surface area contributed by atoms with E-state index in [1.54, 1.807) is 0 Å². The van der Waals surface area contributed by atoms with Gasteiger partial charge in [-0.3, -0.25) is 0 Å². The Morgan fingerprint density at radius 1 is 1.18 bits per heavy atom. The maximum absolute atomic E-state index is 5.52. The third-order valence-corrected chi connectivity index (χ3v) is 3.84. The summed E-state index contributed by atoms with van der Waals surface area (Å²) in [6.45, 7) is 8.60. The molecule has 1 aliphatic carbocycles. The normalized spacial score (nSPS) is 25.1. The molecule has 0 saturated heterocycles. The maximum Gasteiger partial charge on any atom is 0.0590 e. The molecule has 0 amide bonds. The van der Waals surface area contributed by atoms with Crippen LogP contribution in [0, 0.1) is 11.8 Å². The Bertz CT molecular complexity index is 172. The smallest absolute Gasteiger partial charge is 0.0590 e. The molecular formula is C15H31NO. The van der Waals surface area contributed by atoms with Gasteiger partial charge in [-0.05, 0) is 37.6 Å². The number of rotatable bonds is 9. The second kappa shape index (κ2) is 9.90. The molecule has 0 heterocycles. The highest BCUT2D eigenvalue weighted by Gasteiger charge is 2.17. The van der Waals surface area contributed by atoms with Gasteiger partial charge in [0, 0.05) is 13.2 Å². The van der Waals surface area contributed by atoms with Crippen LogP contribution in [0.15, 0.2) is 0 Å². The van der Waals surface area contributed by atoms with Crippen LogP contribution in [0.2, 0.25) is 0 Å². The number of ether oxygens (including phenoxy) is 1. The molecule has 0 aromatic rings. The van der Waals surface area contributed by atoms with Crippen molar-refractivity contribution in [2.75, 3.05) is 26.3 Å². The largest absolute Gasteiger partial charge is 0.380 e. The van der Waals surface area contributed by atoms with Crippen LogP contribution in [0.25, 0.3) is 0 Å². The summed E-state index contributed by atoms with van der Waals surface area (Å²) in [5, 5.41) is 3.50. The highest BCUT2D eigenvalue weighted by molar-refractivity contribution is 4.71. The molecule has 0 spiro atoms. The van der Waals surface area contributed by atoms with Crippen LogP contribution in [-0.4, -0.2) is 26.3 Å². The summed E-state index contributed by atoms with van der Waals surface area (Å²) in [5.74, 6) is 1.94. The fourth-order valence-corrected chi connectivity index (χ4v) is 2.75. The van der Waals surface area contributed by atoms with Crippen LogP contribution in [0.3, 0.4) is 0 Å². The zero-order valence-corrected chi connectivity index (χ0v) is 11.8. The Kier molecular flexibility index (Phi) is 8.72. The van der Waals surface area contributed by atoms with E-state index >= 15 is 0 Å². The van der Waals surface area contributed by atoms with Crippen molar-refractivity contribution in [2.45, 2.75) is 58.8 Å². The fourth-order valence-electron chi connectivity index (χ4n) is 2.75. The lowest BCUT2D eigenvalue weighted by Crippen LogP contribution is -2.24. The highest BCUT2D eigenvalue weighted by atomic mass is 16.5. The van der Waals surface area contributed by atoms with Gasteiger partial charge in [0.1, 0.15) is 0 Å². The lowest BCUT2D eigenvalue weighted by molar-refractivity contribution is 0.132. The minimum atomic E-state index is 0.876. The molecule has 1 saturated carbocycles. The summed E-state index contributed by atoms with van der Waals surface area (Å²) in [5.41, 5.74) is 0. The molecule has 1 rings (SSSR count). The Labute approximate surface area is 108 Å². The molecule has 2 atom stereocenters. The zero-order valence-electron chi connectivity index (χ0n) is 11.8. The molecule has 0 aromatic heterocycles. The Hall–Kier alpha value is -0.0800. The molecule has 17 heavy (non-hydrogen) atoms. The van der Waals surface area contributed by atoms with Gasteiger partial charge in [-0.15, -0.1) is 0 Å². The first-order valence-corrected chi connectivity index (χ1v) is 7.61. The van der Waals surface area contributed by atoms with Gasteiger partial charge in [-0.2, -0.15) is 0 Å². The Morgan fingerprint density at radius 3 is 2.82 bits per heavy atom. The van der Waals surface area contributed by atoms with Gasteiger partial charge in [0.2, 0.25) is 0 Å². The summed E-state index contributed by atoms with van der Waals surface area (Å²) in [6.07, 6.45) is 9.60. The molecule has 2 unspecified atom stereocenters. The quantitative estimate of drug-likeness (QED) is 0.623. The first-order chi connectivity index (χ1) is 8.33. The van der Waals surface area contributed by atoms with Crippen LogP contribution in [-0.2, 0) is 4.74 Å². The van der Waals surface area contributed by atoms with Crippen molar-refractivity contribution < 1.29 is 4.74 Å². The van der Waals surface area contributed by atoms with Crippen LogP contribution in [0.1, 0.15) is 58.8 Å². The summed E-state index contributed by atoms with van der Waals surface area (Å²) in [7, 11) is 0. The minimum absolute atomic E-state index is 0.876. The second-order valence-electron chi connectivity index (χ2n) is 5.64. The highest BCUT2D eigenvalue weighted by Crippen LogP contribution is 2.30. The molecule has 2 heteroatoms. The molecule has 0 aromatic carbocycles. The van der Waals surface area contributed by atoms with E-state index in [0.717, 1.165) is 31.6 Å². The molecule has 2 nitrogen and oxygen atoms in total. The number of nitrogens with one attached hydrogen (secondary N) is 1. The molecule has 102 valence electrons. The molecule has 0 radical (unpaired) electrons. The van der Waals surface area contributed by atoms with Crippen molar-refractivity contribution in [2.24, 2.45) is 11.8 Å². The average Bonchev–Trinajstić information content (AvgIpc) is 2.33. The van der Waals surface area contributed by atoms with E-state index in [9.17, 15) is 0 Å². The van der Waals surface area contributed by atoms with E-state index < -0.39 is 0 Å². The van der Waals surface area contributed by atoms with Gasteiger partial charge in [0.25, 0.3) is 0 Å². The number of hydrogen-bond acceptors (Lipinski definition) is 2. The van der Waals surface area contributed by atoms with Crippen LogP contribution >= 0.6 is 0 Å². The molecule has 1 fully saturated rings. The predicted molar refractivity (Wildman–Crippen MR) is 74.3 cm³/mol. The lowest BCUT2D eigenvalue weighted by Gasteiger charge is -2.26. The van der Waals surface area contributed by atoms with Gasteiger partial charge in [-0.25, -0.2) is 0 Å². The number of unbranched alkanes of at least 4 members (excludes halogenated alkanes) is 1. The first kappa shape index (κ1) is 15.0. The lowest BCUT2D eigenvalue weighted by atomic mass is 9.81. The summed E-state index contributed by atoms with van der Waals surface area (Å²) in [4.78, 5) is 0. The van der Waals surface area contributed by atoms with E-state index in [1.807, 2.05) is 0 Å². The monoisotopic (exact) mass is 241 g/mol. The van der Waals surface area contributed by atoms with Crippen molar-refractivity contribution in [3.63, 3.8) is 0 Å². The first-order valence-electron chi connectivity index (χ1n) is 7.61. The van der Waals surface area contributed by atoms with E-state index in [1.165, 1.54) is 51.5 Å². The van der Waals surface area contributed by atoms with Crippen molar-refractivity contribution >= 4 is 0 Å². The van der Waals surface area contributed by atoms with E-state index in [4.69, 9.17) is 4.74 Å². The second-order valence-corrected chi connectivity index (χ2v) is 5.64. The maximum atomic E-state index is 5.52. The van der Waals surface area contributed by atoms with Gasteiger partial charge in [0.15, 0.2) is 0 Å². The van der Waals surface area contributed by atoms with Crippen molar-refractivity contribution in [3.8, 4) is 0 Å². The summed E-state index contributed by atoms with van der Waals surface area (Å²) >= 11 is 0. The van der Waals surface area contributed by atoms with Crippen LogP contribution in [0.5, 0.6) is 0 Å². The number of hydrogen-bond donors (Lipinski definition) is 1. The van der Waals surface area contributed by atoms with Crippen LogP contribution in [0.4, 0.5) is 0 Å². The van der Waals surface area contributed by atoms with E-state index in [0.29, 0.717) is 0 Å². The van der Waals surface area contributed by atoms with Gasteiger partial charge < -0.3 is 10.1 Å². The summed E-state index contributed by atoms with van der Waals surface area (Å²) < 4.78 is 5.52. The third kappa shape index (κ3) is 7.77. The zero-order chi connectivity index (χ0) is 12.3. The molecule has 0 bridgehead atoms. The predicted octanol–water partition coefficient (Wildman–Crippen LogP) is 3.61. The standard InChI is InChI=1S/C15H31NO/c1-3-4-11-17-12-10-16-9-8-15-7-5-6-14(2)13-15/h14-16H,3-13H2,1-2H3. The van der Waals surface area contributed by atoms with Crippen LogP contribution < -0.4 is 5.32 Å². The van der Waals surface area contributed by atoms with Crippen molar-refractivity contribution in [1.29, 1.82) is 0 Å². The third-order valence-electron chi connectivity index (χ3n) is 3.84. The fraction of sp³-hybridized carbons (Fsp3) is 1.00. The molecular weight excluding hydrogens is 210 g/mol. The molecule has 1 N–H and O–H groups in total. The summed E-state index contributed by atoms with van der Waals surface area (Å²) in [6, 6.07) is 0. The molecule has 1 aliphatic rings. The van der Waals surface area contributed by atoms with Gasteiger partial charge in [0.05, 0.1) is 6.61 Å². The van der Waals surface area contributed by atoms with Crippen molar-refractivity contribution in [1.82, 2.24) is 5.32 Å². The van der Waals surface area contributed by atoms with E-state index in [2.05, 4.69) is 19.2 Å². The van der Waals surface area contributed by atoms with Gasteiger partial charge in [-0.1, -0.05) is 39.5 Å². The SMILES string of the molecule is CCCCOCCNCCC1CCCC(C)C1.